The van der Waals surface area contributed by atoms with Gasteiger partial charge in [-0.2, -0.15) is 0 Å². The van der Waals surface area contributed by atoms with Crippen LogP contribution in [0.2, 0.25) is 0 Å². The lowest BCUT2D eigenvalue weighted by Crippen LogP contribution is -2.28. The van der Waals surface area contributed by atoms with E-state index in [4.69, 9.17) is 4.74 Å². The zero-order chi connectivity index (χ0) is 21.1. The molecule has 0 aliphatic carbocycles. The highest BCUT2D eigenvalue weighted by Gasteiger charge is 2.35. The van der Waals surface area contributed by atoms with Gasteiger partial charge in [-0.3, -0.25) is 9.59 Å². The molecule has 1 aromatic heterocycles. The topological polar surface area (TPSA) is 84.4 Å². The third kappa shape index (κ3) is 4.30. The van der Waals surface area contributed by atoms with E-state index in [0.717, 1.165) is 11.3 Å². The first-order valence-electron chi connectivity index (χ1n) is 9.73. The van der Waals surface area contributed by atoms with Gasteiger partial charge in [-0.1, -0.05) is 24.3 Å². The van der Waals surface area contributed by atoms with Crippen LogP contribution in [0, 0.1) is 19.8 Å². The molecule has 152 valence electrons. The van der Waals surface area contributed by atoms with Crippen LogP contribution in [-0.2, 0) is 9.59 Å². The SMILES string of the molecule is Cc1ccc(N2CC(C(=O)Nc3cnc(Oc4ccccc4)nc3)CC2=O)cc1C. The average Bonchev–Trinajstić information content (AvgIpc) is 3.14. The van der Waals surface area contributed by atoms with Gasteiger partial charge < -0.3 is 15.0 Å². The molecule has 30 heavy (non-hydrogen) atoms. The Morgan fingerprint density at radius 1 is 1.07 bits per heavy atom. The average molecular weight is 402 g/mol. The van der Waals surface area contributed by atoms with E-state index >= 15 is 0 Å². The number of rotatable bonds is 5. The number of hydrogen-bond acceptors (Lipinski definition) is 5. The largest absolute Gasteiger partial charge is 0.424 e. The van der Waals surface area contributed by atoms with Crippen molar-refractivity contribution in [3.63, 3.8) is 0 Å². The van der Waals surface area contributed by atoms with Crippen LogP contribution in [0.15, 0.2) is 60.9 Å². The summed E-state index contributed by atoms with van der Waals surface area (Å²) in [5.74, 6) is -0.0826. The number of aryl methyl sites for hydroxylation is 2. The van der Waals surface area contributed by atoms with Gasteiger partial charge in [0.15, 0.2) is 0 Å². The van der Waals surface area contributed by atoms with Gasteiger partial charge >= 0.3 is 6.01 Å². The van der Waals surface area contributed by atoms with Crippen molar-refractivity contribution in [2.24, 2.45) is 5.92 Å². The van der Waals surface area contributed by atoms with E-state index in [2.05, 4.69) is 15.3 Å². The number of hydrogen-bond donors (Lipinski definition) is 1. The zero-order valence-electron chi connectivity index (χ0n) is 16.8. The van der Waals surface area contributed by atoms with Crippen molar-refractivity contribution < 1.29 is 14.3 Å². The summed E-state index contributed by atoms with van der Waals surface area (Å²) in [7, 11) is 0. The van der Waals surface area contributed by atoms with Crippen LogP contribution in [0.5, 0.6) is 11.8 Å². The normalized spacial score (nSPS) is 15.9. The van der Waals surface area contributed by atoms with E-state index in [0.29, 0.717) is 18.0 Å². The van der Waals surface area contributed by atoms with Crippen LogP contribution >= 0.6 is 0 Å². The summed E-state index contributed by atoms with van der Waals surface area (Å²) in [6.07, 6.45) is 3.15. The van der Waals surface area contributed by atoms with E-state index in [1.807, 2.05) is 50.2 Å². The van der Waals surface area contributed by atoms with Gasteiger partial charge in [0.05, 0.1) is 24.0 Å². The number of ether oxygens (including phenoxy) is 1. The van der Waals surface area contributed by atoms with E-state index in [9.17, 15) is 9.59 Å². The van der Waals surface area contributed by atoms with E-state index < -0.39 is 5.92 Å². The summed E-state index contributed by atoms with van der Waals surface area (Å²) < 4.78 is 5.55. The molecular formula is C23H22N4O3. The van der Waals surface area contributed by atoms with Gasteiger partial charge in [0.2, 0.25) is 11.8 Å². The van der Waals surface area contributed by atoms with Gasteiger partial charge in [0, 0.05) is 18.7 Å². The van der Waals surface area contributed by atoms with Crippen molar-refractivity contribution in [1.29, 1.82) is 0 Å². The minimum Gasteiger partial charge on any atom is -0.424 e. The molecule has 4 rings (SSSR count). The number of benzene rings is 2. The fourth-order valence-corrected chi connectivity index (χ4v) is 3.30. The second-order valence-electron chi connectivity index (χ2n) is 7.33. The predicted octanol–water partition coefficient (Wildman–Crippen LogP) is 3.88. The number of carbonyl (C=O) groups is 2. The first kappa shape index (κ1) is 19.6. The van der Waals surface area contributed by atoms with Crippen molar-refractivity contribution in [3.8, 4) is 11.8 Å². The monoisotopic (exact) mass is 402 g/mol. The summed E-state index contributed by atoms with van der Waals surface area (Å²) in [5, 5.41) is 2.79. The first-order chi connectivity index (χ1) is 14.5. The summed E-state index contributed by atoms with van der Waals surface area (Å²) >= 11 is 0. The van der Waals surface area contributed by atoms with E-state index in [-0.39, 0.29) is 24.2 Å². The van der Waals surface area contributed by atoms with Crippen LogP contribution in [0.1, 0.15) is 17.5 Å². The van der Waals surface area contributed by atoms with Crippen molar-refractivity contribution in [2.45, 2.75) is 20.3 Å². The van der Waals surface area contributed by atoms with Gasteiger partial charge in [0.25, 0.3) is 0 Å². The molecule has 0 saturated carbocycles. The first-order valence-corrected chi connectivity index (χ1v) is 9.73. The highest BCUT2D eigenvalue weighted by molar-refractivity contribution is 6.03. The minimum atomic E-state index is -0.431. The standard InChI is InChI=1S/C23H22N4O3/c1-15-8-9-19(10-16(15)2)27-14-17(11-21(27)28)22(29)26-18-12-24-23(25-13-18)30-20-6-4-3-5-7-20/h3-10,12-13,17H,11,14H2,1-2H3,(H,26,29). The Balaban J connectivity index is 1.38. The molecule has 0 radical (unpaired) electrons. The molecule has 1 saturated heterocycles. The quantitative estimate of drug-likeness (QED) is 0.700. The van der Waals surface area contributed by atoms with Crippen LogP contribution in [0.4, 0.5) is 11.4 Å². The summed E-state index contributed by atoms with van der Waals surface area (Å²) in [6.45, 7) is 4.39. The number of amides is 2. The van der Waals surface area contributed by atoms with Crippen molar-refractivity contribution in [2.75, 3.05) is 16.8 Å². The highest BCUT2D eigenvalue weighted by Crippen LogP contribution is 2.27. The number of anilines is 2. The maximum absolute atomic E-state index is 12.7. The maximum Gasteiger partial charge on any atom is 0.322 e. The Kier molecular flexibility index (Phi) is 5.43. The smallest absolute Gasteiger partial charge is 0.322 e. The summed E-state index contributed by atoms with van der Waals surface area (Å²) in [4.78, 5) is 35.0. The Labute approximate surface area is 174 Å². The third-order valence-corrected chi connectivity index (χ3v) is 5.15. The van der Waals surface area contributed by atoms with Crippen LogP contribution in [-0.4, -0.2) is 28.3 Å². The number of carbonyl (C=O) groups excluding carboxylic acids is 2. The lowest BCUT2D eigenvalue weighted by atomic mass is 10.1. The Hall–Kier alpha value is -3.74. The lowest BCUT2D eigenvalue weighted by Gasteiger charge is -2.18. The molecule has 7 nitrogen and oxygen atoms in total. The lowest BCUT2D eigenvalue weighted by molar-refractivity contribution is -0.122. The molecular weight excluding hydrogens is 380 g/mol. The third-order valence-electron chi connectivity index (χ3n) is 5.15. The molecule has 3 aromatic rings. The van der Waals surface area contributed by atoms with Crippen molar-refractivity contribution >= 4 is 23.2 Å². The fraction of sp³-hybridized carbons (Fsp3) is 0.217. The van der Waals surface area contributed by atoms with Gasteiger partial charge in [0.1, 0.15) is 5.75 Å². The number of para-hydroxylation sites is 1. The molecule has 0 spiro atoms. The molecule has 7 heteroatoms. The van der Waals surface area contributed by atoms with Crippen molar-refractivity contribution in [3.05, 3.63) is 72.1 Å². The van der Waals surface area contributed by atoms with Crippen LogP contribution < -0.4 is 15.0 Å². The molecule has 2 amide bonds. The second-order valence-corrected chi connectivity index (χ2v) is 7.33. The molecule has 1 aliphatic rings. The molecule has 2 heterocycles. The predicted molar refractivity (Wildman–Crippen MR) is 114 cm³/mol. The molecule has 1 atom stereocenters. The Bertz CT molecular complexity index is 1070. The van der Waals surface area contributed by atoms with Gasteiger partial charge in [-0.15, -0.1) is 0 Å². The Morgan fingerprint density at radius 3 is 2.50 bits per heavy atom. The molecule has 1 fully saturated rings. The molecule has 1 N–H and O–H groups in total. The Morgan fingerprint density at radius 2 is 1.80 bits per heavy atom. The van der Waals surface area contributed by atoms with Crippen LogP contribution in [0.25, 0.3) is 0 Å². The zero-order valence-corrected chi connectivity index (χ0v) is 16.8. The second kappa shape index (κ2) is 8.32. The molecule has 1 unspecified atom stereocenters. The van der Waals surface area contributed by atoms with E-state index in [1.54, 1.807) is 17.0 Å². The van der Waals surface area contributed by atoms with Crippen LogP contribution in [0.3, 0.4) is 0 Å². The molecule has 0 bridgehead atoms. The summed E-state index contributed by atoms with van der Waals surface area (Å²) in [6, 6.07) is 15.3. The van der Waals surface area contributed by atoms with Gasteiger partial charge in [-0.05, 0) is 49.2 Å². The number of nitrogens with one attached hydrogen (secondary N) is 1. The highest BCUT2D eigenvalue weighted by atomic mass is 16.5. The molecule has 1 aliphatic heterocycles. The number of nitrogens with zero attached hydrogens (tertiary/aromatic N) is 3. The van der Waals surface area contributed by atoms with Gasteiger partial charge in [-0.25, -0.2) is 9.97 Å². The fourth-order valence-electron chi connectivity index (χ4n) is 3.30. The molecule has 2 aromatic carbocycles. The maximum atomic E-state index is 12.7. The minimum absolute atomic E-state index is 0.0544. The summed E-state index contributed by atoms with van der Waals surface area (Å²) in [5.41, 5.74) is 3.56. The van der Waals surface area contributed by atoms with Crippen molar-refractivity contribution in [1.82, 2.24) is 9.97 Å². The number of aromatic nitrogens is 2. The van der Waals surface area contributed by atoms with E-state index in [1.165, 1.54) is 18.0 Å².